The molecule has 1 aliphatic carbocycles. The van der Waals surface area contributed by atoms with Crippen molar-refractivity contribution in [3.63, 3.8) is 0 Å². The molecule has 0 saturated carbocycles. The molecule has 2 unspecified atom stereocenters. The van der Waals surface area contributed by atoms with E-state index in [9.17, 15) is 10.4 Å². The maximum atomic E-state index is 10.9. The van der Waals surface area contributed by atoms with Gasteiger partial charge in [0.1, 0.15) is 5.60 Å². The topological polar surface area (TPSA) is 44.0 Å². The summed E-state index contributed by atoms with van der Waals surface area (Å²) in [7, 11) is 0. The summed E-state index contributed by atoms with van der Waals surface area (Å²) >= 11 is 0. The molecule has 0 spiro atoms. The van der Waals surface area contributed by atoms with Crippen molar-refractivity contribution in [3.05, 3.63) is 35.4 Å². The minimum Gasteiger partial charge on any atom is -0.384 e. The van der Waals surface area contributed by atoms with E-state index in [1.807, 2.05) is 18.2 Å². The van der Waals surface area contributed by atoms with Gasteiger partial charge in [0.2, 0.25) is 0 Å². The maximum absolute atomic E-state index is 10.9. The van der Waals surface area contributed by atoms with Crippen LogP contribution in [0.2, 0.25) is 0 Å². The summed E-state index contributed by atoms with van der Waals surface area (Å²) in [5, 5.41) is 20.2. The molecule has 17 heavy (non-hydrogen) atoms. The number of hydrogen-bond donors (Lipinski definition) is 1. The SMILES string of the molecule is CCCC(C#N)C1(O)CCCc2ccccc21. The monoisotopic (exact) mass is 229 g/mol. The van der Waals surface area contributed by atoms with Gasteiger partial charge in [0, 0.05) is 0 Å². The fraction of sp³-hybridized carbons (Fsp3) is 0.533. The molecule has 0 aromatic heterocycles. The van der Waals surface area contributed by atoms with Crippen LogP contribution in [0.5, 0.6) is 0 Å². The van der Waals surface area contributed by atoms with Gasteiger partial charge in [-0.2, -0.15) is 5.26 Å². The quantitative estimate of drug-likeness (QED) is 0.865. The predicted octanol–water partition coefficient (Wildman–Crippen LogP) is 3.15. The molecular weight excluding hydrogens is 210 g/mol. The van der Waals surface area contributed by atoms with Gasteiger partial charge in [-0.15, -0.1) is 0 Å². The average molecular weight is 229 g/mol. The van der Waals surface area contributed by atoms with E-state index in [0.717, 1.165) is 31.2 Å². The molecule has 2 nitrogen and oxygen atoms in total. The number of hydrogen-bond acceptors (Lipinski definition) is 2. The molecule has 1 N–H and O–H groups in total. The van der Waals surface area contributed by atoms with Crippen molar-refractivity contribution in [3.8, 4) is 6.07 Å². The number of rotatable bonds is 3. The molecule has 2 rings (SSSR count). The summed E-state index contributed by atoms with van der Waals surface area (Å²) in [6, 6.07) is 10.3. The molecule has 1 aromatic carbocycles. The lowest BCUT2D eigenvalue weighted by atomic mass is 9.71. The predicted molar refractivity (Wildman–Crippen MR) is 67.3 cm³/mol. The maximum Gasteiger partial charge on any atom is 0.106 e. The summed E-state index contributed by atoms with van der Waals surface area (Å²) in [5.41, 5.74) is 1.25. The van der Waals surface area contributed by atoms with Gasteiger partial charge in [0.25, 0.3) is 0 Å². The van der Waals surface area contributed by atoms with E-state index >= 15 is 0 Å². The lowest BCUT2D eigenvalue weighted by Crippen LogP contribution is -2.37. The summed E-state index contributed by atoms with van der Waals surface area (Å²) in [4.78, 5) is 0. The van der Waals surface area contributed by atoms with Crippen LogP contribution < -0.4 is 0 Å². The van der Waals surface area contributed by atoms with E-state index in [4.69, 9.17) is 0 Å². The highest BCUT2D eigenvalue weighted by atomic mass is 16.3. The minimum absolute atomic E-state index is 0.283. The Morgan fingerprint density at radius 1 is 1.47 bits per heavy atom. The van der Waals surface area contributed by atoms with Crippen LogP contribution in [0.1, 0.15) is 43.7 Å². The summed E-state index contributed by atoms with van der Waals surface area (Å²) in [6.45, 7) is 2.06. The Hall–Kier alpha value is -1.33. The third-order valence-electron chi connectivity index (χ3n) is 3.80. The molecule has 0 radical (unpaired) electrons. The zero-order chi connectivity index (χ0) is 12.3. The van der Waals surface area contributed by atoms with Crippen molar-refractivity contribution < 1.29 is 5.11 Å². The Balaban J connectivity index is 2.42. The Morgan fingerprint density at radius 3 is 2.94 bits per heavy atom. The third kappa shape index (κ3) is 2.08. The number of benzene rings is 1. The highest BCUT2D eigenvalue weighted by Crippen LogP contribution is 2.42. The molecule has 0 saturated heterocycles. The van der Waals surface area contributed by atoms with Gasteiger partial charge in [-0.1, -0.05) is 37.6 Å². The van der Waals surface area contributed by atoms with Gasteiger partial charge in [0.15, 0.2) is 0 Å². The van der Waals surface area contributed by atoms with Crippen LogP contribution in [0, 0.1) is 17.2 Å². The van der Waals surface area contributed by atoms with Crippen LogP contribution in [-0.4, -0.2) is 5.11 Å². The van der Waals surface area contributed by atoms with Crippen molar-refractivity contribution in [2.75, 3.05) is 0 Å². The van der Waals surface area contributed by atoms with Gasteiger partial charge < -0.3 is 5.11 Å². The largest absolute Gasteiger partial charge is 0.384 e. The molecule has 90 valence electrons. The smallest absolute Gasteiger partial charge is 0.106 e. The van der Waals surface area contributed by atoms with Crippen LogP contribution in [0.3, 0.4) is 0 Å². The Bertz CT molecular complexity index is 435. The third-order valence-corrected chi connectivity index (χ3v) is 3.80. The fourth-order valence-corrected chi connectivity index (χ4v) is 2.90. The zero-order valence-electron chi connectivity index (χ0n) is 10.3. The second kappa shape index (κ2) is 4.89. The minimum atomic E-state index is -0.931. The first-order chi connectivity index (χ1) is 8.22. The Morgan fingerprint density at radius 2 is 2.24 bits per heavy atom. The molecule has 0 heterocycles. The fourth-order valence-electron chi connectivity index (χ4n) is 2.90. The van der Waals surface area contributed by atoms with E-state index in [1.165, 1.54) is 5.56 Å². The van der Waals surface area contributed by atoms with Gasteiger partial charge in [-0.25, -0.2) is 0 Å². The molecule has 2 atom stereocenters. The standard InChI is InChI=1S/C15H19NO/c1-2-6-13(11-16)15(17)10-5-8-12-7-3-4-9-14(12)15/h3-4,7,9,13,17H,2,5-6,8,10H2,1H3. The lowest BCUT2D eigenvalue weighted by Gasteiger charge is -2.37. The van der Waals surface area contributed by atoms with Crippen molar-refractivity contribution in [2.45, 2.75) is 44.6 Å². The van der Waals surface area contributed by atoms with Gasteiger partial charge >= 0.3 is 0 Å². The second-order valence-corrected chi connectivity index (χ2v) is 4.91. The normalized spacial score (nSPS) is 24.8. The molecule has 1 aromatic rings. The van der Waals surface area contributed by atoms with E-state index < -0.39 is 5.60 Å². The van der Waals surface area contributed by atoms with Crippen LogP contribution in [0.25, 0.3) is 0 Å². The molecular formula is C15H19NO. The van der Waals surface area contributed by atoms with Crippen molar-refractivity contribution in [2.24, 2.45) is 5.92 Å². The first-order valence-electron chi connectivity index (χ1n) is 6.42. The van der Waals surface area contributed by atoms with E-state index in [-0.39, 0.29) is 5.92 Å². The Labute approximate surface area is 103 Å². The van der Waals surface area contributed by atoms with E-state index in [0.29, 0.717) is 6.42 Å². The molecule has 2 heteroatoms. The van der Waals surface area contributed by atoms with Crippen LogP contribution in [0.15, 0.2) is 24.3 Å². The van der Waals surface area contributed by atoms with Gasteiger partial charge in [-0.05, 0) is 36.8 Å². The lowest BCUT2D eigenvalue weighted by molar-refractivity contribution is -0.0220. The number of aliphatic hydroxyl groups is 1. The average Bonchev–Trinajstić information content (AvgIpc) is 2.36. The first kappa shape index (κ1) is 12.1. The van der Waals surface area contributed by atoms with Gasteiger partial charge in [-0.3, -0.25) is 0 Å². The van der Waals surface area contributed by atoms with Crippen LogP contribution in [-0.2, 0) is 12.0 Å². The van der Waals surface area contributed by atoms with Gasteiger partial charge in [0.05, 0.1) is 12.0 Å². The molecule has 0 amide bonds. The Kier molecular flexibility index (Phi) is 3.49. The molecule has 0 aliphatic heterocycles. The molecule has 0 bridgehead atoms. The zero-order valence-corrected chi connectivity index (χ0v) is 10.3. The summed E-state index contributed by atoms with van der Waals surface area (Å²) < 4.78 is 0. The van der Waals surface area contributed by atoms with Crippen molar-refractivity contribution >= 4 is 0 Å². The number of fused-ring (bicyclic) bond motifs is 1. The van der Waals surface area contributed by atoms with Crippen molar-refractivity contribution in [1.29, 1.82) is 5.26 Å². The van der Waals surface area contributed by atoms with E-state index in [1.54, 1.807) is 0 Å². The highest BCUT2D eigenvalue weighted by Gasteiger charge is 2.41. The van der Waals surface area contributed by atoms with Crippen LogP contribution in [0.4, 0.5) is 0 Å². The number of aryl methyl sites for hydroxylation is 1. The molecule has 0 fully saturated rings. The summed E-state index contributed by atoms with van der Waals surface area (Å²) in [5.74, 6) is -0.283. The highest BCUT2D eigenvalue weighted by molar-refractivity contribution is 5.36. The van der Waals surface area contributed by atoms with Crippen molar-refractivity contribution in [1.82, 2.24) is 0 Å². The number of nitriles is 1. The van der Waals surface area contributed by atoms with E-state index in [2.05, 4.69) is 19.1 Å². The molecule has 1 aliphatic rings. The summed E-state index contributed by atoms with van der Waals surface area (Å²) in [6.07, 6.45) is 4.39. The number of nitrogens with zero attached hydrogens (tertiary/aromatic N) is 1. The first-order valence-corrected chi connectivity index (χ1v) is 6.42. The van der Waals surface area contributed by atoms with Crippen LogP contribution >= 0.6 is 0 Å². The second-order valence-electron chi connectivity index (χ2n) is 4.91.